The number of benzene rings is 1. The number of aryl methyl sites for hydroxylation is 1. The molecule has 1 heterocycles. The fraction of sp³-hybridized carbons (Fsp3) is 0.471. The van der Waals surface area contributed by atoms with Crippen LogP contribution in [0.2, 0.25) is 0 Å². The van der Waals surface area contributed by atoms with E-state index in [1.807, 2.05) is 0 Å². The van der Waals surface area contributed by atoms with Crippen molar-refractivity contribution in [1.82, 2.24) is 15.1 Å². The molecule has 0 atom stereocenters. The van der Waals surface area contributed by atoms with Crippen LogP contribution >= 0.6 is 0 Å². The number of rotatable bonds is 6. The highest BCUT2D eigenvalue weighted by atomic mass is 15.3. The van der Waals surface area contributed by atoms with Crippen LogP contribution in [0.4, 0.5) is 0 Å². The van der Waals surface area contributed by atoms with Crippen LogP contribution in [0.1, 0.15) is 41.4 Å². The van der Waals surface area contributed by atoms with E-state index in [4.69, 9.17) is 0 Å². The Balaban J connectivity index is 2.09. The van der Waals surface area contributed by atoms with Gasteiger partial charge in [-0.15, -0.1) is 0 Å². The van der Waals surface area contributed by atoms with Crippen molar-refractivity contribution >= 4 is 0 Å². The Hall–Kier alpha value is -1.61. The van der Waals surface area contributed by atoms with Crippen molar-refractivity contribution in [2.24, 2.45) is 0 Å². The van der Waals surface area contributed by atoms with Crippen molar-refractivity contribution in [3.8, 4) is 0 Å². The summed E-state index contributed by atoms with van der Waals surface area (Å²) in [6.45, 7) is 11.4. The second-order valence-corrected chi connectivity index (χ2v) is 5.45. The molecule has 0 radical (unpaired) electrons. The molecule has 0 aliphatic carbocycles. The van der Waals surface area contributed by atoms with E-state index < -0.39 is 0 Å². The van der Waals surface area contributed by atoms with Gasteiger partial charge in [-0.1, -0.05) is 31.2 Å². The highest BCUT2D eigenvalue weighted by Gasteiger charge is 2.07. The summed E-state index contributed by atoms with van der Waals surface area (Å²) in [5, 5.41) is 8.06. The zero-order valence-electron chi connectivity index (χ0n) is 13.0. The number of nitrogens with zero attached hydrogens (tertiary/aromatic N) is 2. The molecule has 0 amide bonds. The molecule has 2 rings (SSSR count). The summed E-state index contributed by atoms with van der Waals surface area (Å²) in [7, 11) is 0. The molecule has 0 aliphatic heterocycles. The second kappa shape index (κ2) is 6.71. The van der Waals surface area contributed by atoms with E-state index in [1.165, 1.54) is 28.8 Å². The van der Waals surface area contributed by atoms with Crippen LogP contribution in [0.25, 0.3) is 0 Å². The molecular formula is C17H25N3. The van der Waals surface area contributed by atoms with Gasteiger partial charge in [0.25, 0.3) is 0 Å². The average molecular weight is 271 g/mol. The molecule has 2 aromatic rings. The van der Waals surface area contributed by atoms with Crippen LogP contribution in [0.5, 0.6) is 0 Å². The van der Waals surface area contributed by atoms with Gasteiger partial charge in [-0.25, -0.2) is 0 Å². The van der Waals surface area contributed by atoms with Gasteiger partial charge in [0.2, 0.25) is 0 Å². The molecule has 1 aromatic carbocycles. The average Bonchev–Trinajstić information content (AvgIpc) is 2.67. The third-order valence-corrected chi connectivity index (χ3v) is 3.82. The lowest BCUT2D eigenvalue weighted by Gasteiger charge is -2.08. The molecule has 20 heavy (non-hydrogen) atoms. The van der Waals surface area contributed by atoms with E-state index in [1.54, 1.807) is 0 Å². The predicted octanol–water partition coefficient (Wildman–Crippen LogP) is 3.36. The topological polar surface area (TPSA) is 29.9 Å². The zero-order chi connectivity index (χ0) is 14.5. The Morgan fingerprint density at radius 3 is 2.55 bits per heavy atom. The fourth-order valence-corrected chi connectivity index (χ4v) is 2.36. The first-order valence-corrected chi connectivity index (χ1v) is 7.41. The summed E-state index contributed by atoms with van der Waals surface area (Å²) in [6, 6.07) is 8.76. The molecule has 0 spiro atoms. The van der Waals surface area contributed by atoms with E-state index >= 15 is 0 Å². The Morgan fingerprint density at radius 1 is 1.15 bits per heavy atom. The van der Waals surface area contributed by atoms with Crippen molar-refractivity contribution in [3.63, 3.8) is 0 Å². The SMILES string of the molecule is CCCNCc1cccc(Cn2nc(C)c(C)c2C)c1. The quantitative estimate of drug-likeness (QED) is 0.817. The zero-order valence-corrected chi connectivity index (χ0v) is 13.0. The third-order valence-electron chi connectivity index (χ3n) is 3.82. The Morgan fingerprint density at radius 2 is 1.90 bits per heavy atom. The molecule has 108 valence electrons. The molecule has 0 aliphatic rings. The van der Waals surface area contributed by atoms with Crippen molar-refractivity contribution < 1.29 is 0 Å². The smallest absolute Gasteiger partial charge is 0.0662 e. The molecule has 0 saturated carbocycles. The first-order chi connectivity index (χ1) is 9.61. The predicted molar refractivity (Wildman–Crippen MR) is 84.0 cm³/mol. The number of hydrogen-bond acceptors (Lipinski definition) is 2. The number of aromatic nitrogens is 2. The standard InChI is InChI=1S/C17H25N3/c1-5-9-18-11-16-7-6-8-17(10-16)12-20-15(4)13(2)14(3)19-20/h6-8,10,18H,5,9,11-12H2,1-4H3. The normalized spacial score (nSPS) is 11.0. The maximum atomic E-state index is 4.61. The van der Waals surface area contributed by atoms with Crippen LogP contribution in [0, 0.1) is 20.8 Å². The minimum atomic E-state index is 0.849. The largest absolute Gasteiger partial charge is 0.313 e. The fourth-order valence-electron chi connectivity index (χ4n) is 2.36. The van der Waals surface area contributed by atoms with Crippen LogP contribution in [-0.2, 0) is 13.1 Å². The van der Waals surface area contributed by atoms with Crippen LogP contribution < -0.4 is 5.32 Å². The van der Waals surface area contributed by atoms with E-state index in [0.717, 1.165) is 25.3 Å². The molecular weight excluding hydrogens is 246 g/mol. The monoisotopic (exact) mass is 271 g/mol. The lowest BCUT2D eigenvalue weighted by atomic mass is 10.1. The van der Waals surface area contributed by atoms with Gasteiger partial charge in [-0.3, -0.25) is 4.68 Å². The molecule has 0 unspecified atom stereocenters. The van der Waals surface area contributed by atoms with Gasteiger partial charge < -0.3 is 5.32 Å². The van der Waals surface area contributed by atoms with E-state index in [0.29, 0.717) is 0 Å². The summed E-state index contributed by atoms with van der Waals surface area (Å²) in [5.74, 6) is 0. The van der Waals surface area contributed by atoms with Gasteiger partial charge in [0, 0.05) is 12.2 Å². The highest BCUT2D eigenvalue weighted by Crippen LogP contribution is 2.14. The first-order valence-electron chi connectivity index (χ1n) is 7.41. The van der Waals surface area contributed by atoms with Gasteiger partial charge in [-0.05, 0) is 50.4 Å². The number of hydrogen-bond donors (Lipinski definition) is 1. The number of nitrogens with one attached hydrogen (secondary N) is 1. The van der Waals surface area contributed by atoms with Gasteiger partial charge in [0.05, 0.1) is 12.2 Å². The minimum absolute atomic E-state index is 0.849. The second-order valence-electron chi connectivity index (χ2n) is 5.45. The minimum Gasteiger partial charge on any atom is -0.313 e. The summed E-state index contributed by atoms with van der Waals surface area (Å²) in [6.07, 6.45) is 1.17. The third kappa shape index (κ3) is 3.48. The van der Waals surface area contributed by atoms with Crippen molar-refractivity contribution in [3.05, 3.63) is 52.3 Å². The Labute approximate surface area is 122 Å². The van der Waals surface area contributed by atoms with Gasteiger partial charge in [0.1, 0.15) is 0 Å². The van der Waals surface area contributed by atoms with Crippen LogP contribution in [-0.4, -0.2) is 16.3 Å². The van der Waals surface area contributed by atoms with Crippen molar-refractivity contribution in [2.75, 3.05) is 6.54 Å². The van der Waals surface area contributed by atoms with Crippen molar-refractivity contribution in [2.45, 2.75) is 47.2 Å². The molecule has 1 N–H and O–H groups in total. The van der Waals surface area contributed by atoms with Crippen LogP contribution in [0.15, 0.2) is 24.3 Å². The molecule has 3 nitrogen and oxygen atoms in total. The molecule has 3 heteroatoms. The van der Waals surface area contributed by atoms with E-state index in [-0.39, 0.29) is 0 Å². The van der Waals surface area contributed by atoms with Crippen LogP contribution in [0.3, 0.4) is 0 Å². The van der Waals surface area contributed by atoms with Gasteiger partial charge in [-0.2, -0.15) is 5.10 Å². The van der Waals surface area contributed by atoms with Crippen molar-refractivity contribution in [1.29, 1.82) is 0 Å². The maximum absolute atomic E-state index is 4.61. The highest BCUT2D eigenvalue weighted by molar-refractivity contribution is 5.26. The summed E-state index contributed by atoms with van der Waals surface area (Å²) < 4.78 is 2.10. The lowest BCUT2D eigenvalue weighted by Crippen LogP contribution is -2.14. The molecule has 0 fully saturated rings. The summed E-state index contributed by atoms with van der Waals surface area (Å²) in [5.41, 5.74) is 6.34. The molecule has 0 bridgehead atoms. The lowest BCUT2D eigenvalue weighted by molar-refractivity contribution is 0.653. The Bertz CT molecular complexity index is 570. The molecule has 1 aromatic heterocycles. The van der Waals surface area contributed by atoms with Gasteiger partial charge >= 0.3 is 0 Å². The Kier molecular flexibility index (Phi) is 4.96. The maximum Gasteiger partial charge on any atom is 0.0662 e. The summed E-state index contributed by atoms with van der Waals surface area (Å²) in [4.78, 5) is 0. The first kappa shape index (κ1) is 14.8. The van der Waals surface area contributed by atoms with E-state index in [2.05, 4.69) is 67.1 Å². The van der Waals surface area contributed by atoms with Gasteiger partial charge in [0.15, 0.2) is 0 Å². The molecule has 0 saturated heterocycles. The summed E-state index contributed by atoms with van der Waals surface area (Å²) >= 11 is 0. The van der Waals surface area contributed by atoms with E-state index in [9.17, 15) is 0 Å².